The summed E-state index contributed by atoms with van der Waals surface area (Å²) in [6, 6.07) is 10.0. The van der Waals surface area contributed by atoms with E-state index in [1.165, 1.54) is 9.08 Å². The Morgan fingerprint density at radius 3 is 2.80 bits per heavy atom. The molecule has 0 fully saturated rings. The van der Waals surface area contributed by atoms with E-state index < -0.39 is 0 Å². The van der Waals surface area contributed by atoms with Crippen LogP contribution in [0.5, 0.6) is 0 Å². The van der Waals surface area contributed by atoms with E-state index in [0.29, 0.717) is 12.2 Å². The Labute approximate surface area is 115 Å². The topological polar surface area (TPSA) is 64.2 Å². The molecule has 0 spiro atoms. The van der Waals surface area contributed by atoms with Crippen molar-refractivity contribution >= 4 is 5.65 Å². The number of benzene rings is 1. The molecule has 2 heterocycles. The van der Waals surface area contributed by atoms with Crippen molar-refractivity contribution < 1.29 is 0 Å². The zero-order chi connectivity index (χ0) is 13.9. The van der Waals surface area contributed by atoms with E-state index in [1.54, 1.807) is 18.6 Å². The van der Waals surface area contributed by atoms with Crippen molar-refractivity contribution in [2.45, 2.75) is 12.6 Å². The van der Waals surface area contributed by atoms with Crippen molar-refractivity contribution in [3.63, 3.8) is 0 Å². The average Bonchev–Trinajstić information content (AvgIpc) is 2.82. The maximum absolute atomic E-state index is 12.2. The van der Waals surface area contributed by atoms with E-state index in [-0.39, 0.29) is 11.7 Å². The monoisotopic (exact) mass is 269 g/mol. The molecular weight excluding hydrogens is 254 g/mol. The van der Waals surface area contributed by atoms with Gasteiger partial charge in [0, 0.05) is 12.4 Å². The first kappa shape index (κ1) is 12.6. The lowest BCUT2D eigenvalue weighted by Crippen LogP contribution is -2.29. The lowest BCUT2D eigenvalue weighted by molar-refractivity contribution is 0.458. The highest BCUT2D eigenvalue weighted by atomic mass is 16.2. The Kier molecular flexibility index (Phi) is 3.30. The SMILES string of the molecule is CNC(Cn1nc2cnccn2c1=O)c1ccccc1. The zero-order valence-electron chi connectivity index (χ0n) is 11.1. The standard InChI is InChI=1S/C14H15N5O/c1-15-12(11-5-3-2-4-6-11)10-19-14(20)18-8-7-16-9-13(18)17-19/h2-9,12,15H,10H2,1H3. The van der Waals surface area contributed by atoms with Crippen LogP contribution in [0.4, 0.5) is 0 Å². The van der Waals surface area contributed by atoms with Gasteiger partial charge in [0.25, 0.3) is 0 Å². The number of hydrogen-bond acceptors (Lipinski definition) is 4. The summed E-state index contributed by atoms with van der Waals surface area (Å²) in [6.45, 7) is 0.473. The first-order valence-corrected chi connectivity index (χ1v) is 6.41. The van der Waals surface area contributed by atoms with Gasteiger partial charge >= 0.3 is 5.69 Å². The number of nitrogens with zero attached hydrogens (tertiary/aromatic N) is 4. The summed E-state index contributed by atoms with van der Waals surface area (Å²) in [5.74, 6) is 0. The van der Waals surface area contributed by atoms with Crippen LogP contribution in [0.3, 0.4) is 0 Å². The fourth-order valence-corrected chi connectivity index (χ4v) is 2.22. The molecule has 0 aliphatic rings. The zero-order valence-corrected chi connectivity index (χ0v) is 11.1. The van der Waals surface area contributed by atoms with Crippen molar-refractivity contribution in [2.24, 2.45) is 0 Å². The number of hydrogen-bond donors (Lipinski definition) is 1. The van der Waals surface area contributed by atoms with Gasteiger partial charge in [-0.3, -0.25) is 4.98 Å². The van der Waals surface area contributed by atoms with E-state index in [0.717, 1.165) is 5.56 Å². The quantitative estimate of drug-likeness (QED) is 0.762. The first-order valence-electron chi connectivity index (χ1n) is 6.41. The predicted octanol–water partition coefficient (Wildman–Crippen LogP) is 0.852. The Morgan fingerprint density at radius 1 is 1.30 bits per heavy atom. The van der Waals surface area contributed by atoms with Crippen molar-refractivity contribution in [1.82, 2.24) is 24.5 Å². The third-order valence-electron chi connectivity index (χ3n) is 3.29. The number of nitrogens with one attached hydrogen (secondary N) is 1. The second kappa shape index (κ2) is 5.26. The molecule has 1 aromatic carbocycles. The molecule has 0 bridgehead atoms. The van der Waals surface area contributed by atoms with Gasteiger partial charge in [-0.05, 0) is 12.6 Å². The highest BCUT2D eigenvalue weighted by Gasteiger charge is 2.13. The molecule has 3 rings (SSSR count). The molecule has 6 heteroatoms. The minimum atomic E-state index is -0.154. The van der Waals surface area contributed by atoms with Gasteiger partial charge in [-0.15, -0.1) is 5.10 Å². The molecule has 0 aliphatic heterocycles. The molecule has 20 heavy (non-hydrogen) atoms. The molecule has 0 radical (unpaired) electrons. The summed E-state index contributed by atoms with van der Waals surface area (Å²) in [6.07, 6.45) is 4.78. The highest BCUT2D eigenvalue weighted by Crippen LogP contribution is 2.13. The van der Waals surface area contributed by atoms with Gasteiger partial charge in [-0.2, -0.15) is 0 Å². The molecule has 0 amide bonds. The lowest BCUT2D eigenvalue weighted by atomic mass is 10.1. The van der Waals surface area contributed by atoms with Crippen molar-refractivity contribution in [1.29, 1.82) is 0 Å². The van der Waals surface area contributed by atoms with Crippen molar-refractivity contribution in [3.8, 4) is 0 Å². The van der Waals surface area contributed by atoms with Crippen LogP contribution in [-0.4, -0.2) is 26.2 Å². The number of likely N-dealkylation sites (N-methyl/N-ethyl adjacent to an activating group) is 1. The maximum atomic E-state index is 12.2. The fraction of sp³-hybridized carbons (Fsp3) is 0.214. The van der Waals surface area contributed by atoms with Crippen LogP contribution >= 0.6 is 0 Å². The van der Waals surface area contributed by atoms with Crippen LogP contribution in [0, 0.1) is 0 Å². The molecular formula is C14H15N5O. The minimum Gasteiger partial charge on any atom is -0.311 e. The van der Waals surface area contributed by atoms with E-state index >= 15 is 0 Å². The second-order valence-electron chi connectivity index (χ2n) is 4.52. The van der Waals surface area contributed by atoms with Gasteiger partial charge < -0.3 is 5.32 Å². The summed E-state index contributed by atoms with van der Waals surface area (Å²) < 4.78 is 2.95. The van der Waals surface area contributed by atoms with Gasteiger partial charge in [0.2, 0.25) is 0 Å². The Balaban J connectivity index is 1.96. The summed E-state index contributed by atoms with van der Waals surface area (Å²) in [5, 5.41) is 7.50. The van der Waals surface area contributed by atoms with E-state index in [1.807, 2.05) is 37.4 Å². The normalized spacial score (nSPS) is 12.7. The van der Waals surface area contributed by atoms with E-state index in [2.05, 4.69) is 15.4 Å². The molecule has 3 aromatic rings. The Hall–Kier alpha value is -2.47. The summed E-state index contributed by atoms with van der Waals surface area (Å²) in [7, 11) is 1.88. The fourth-order valence-electron chi connectivity index (χ4n) is 2.22. The van der Waals surface area contributed by atoms with Gasteiger partial charge in [-0.25, -0.2) is 13.9 Å². The van der Waals surface area contributed by atoms with Crippen LogP contribution in [-0.2, 0) is 6.54 Å². The Bertz CT molecular complexity index is 762. The molecule has 2 aromatic heterocycles. The van der Waals surface area contributed by atoms with Gasteiger partial charge in [0.05, 0.1) is 18.8 Å². The minimum absolute atomic E-state index is 0.0340. The number of aromatic nitrogens is 4. The molecule has 102 valence electrons. The molecule has 0 saturated heterocycles. The lowest BCUT2D eigenvalue weighted by Gasteiger charge is -2.15. The van der Waals surface area contributed by atoms with Crippen LogP contribution in [0.2, 0.25) is 0 Å². The third kappa shape index (κ3) is 2.21. The third-order valence-corrected chi connectivity index (χ3v) is 3.29. The molecule has 6 nitrogen and oxygen atoms in total. The van der Waals surface area contributed by atoms with Crippen molar-refractivity contribution in [3.05, 3.63) is 65.0 Å². The largest absolute Gasteiger partial charge is 0.350 e. The summed E-state index contributed by atoms with van der Waals surface area (Å²) >= 11 is 0. The van der Waals surface area contributed by atoms with E-state index in [9.17, 15) is 4.79 Å². The first-order chi connectivity index (χ1) is 9.79. The smallest absolute Gasteiger partial charge is 0.311 e. The van der Waals surface area contributed by atoms with E-state index in [4.69, 9.17) is 0 Å². The Morgan fingerprint density at radius 2 is 2.10 bits per heavy atom. The van der Waals surface area contributed by atoms with Gasteiger partial charge in [0.15, 0.2) is 5.65 Å². The molecule has 0 aliphatic carbocycles. The van der Waals surface area contributed by atoms with Crippen LogP contribution in [0.1, 0.15) is 11.6 Å². The summed E-state index contributed by atoms with van der Waals surface area (Å²) in [4.78, 5) is 16.2. The molecule has 1 N–H and O–H groups in total. The average molecular weight is 269 g/mol. The highest BCUT2D eigenvalue weighted by molar-refractivity contribution is 5.31. The molecule has 1 atom stereocenters. The number of rotatable bonds is 4. The van der Waals surface area contributed by atoms with Crippen molar-refractivity contribution in [2.75, 3.05) is 7.05 Å². The van der Waals surface area contributed by atoms with Crippen LogP contribution < -0.4 is 11.0 Å². The number of fused-ring (bicyclic) bond motifs is 1. The predicted molar refractivity (Wildman–Crippen MR) is 75.5 cm³/mol. The van der Waals surface area contributed by atoms with Crippen LogP contribution in [0.25, 0.3) is 5.65 Å². The summed E-state index contributed by atoms with van der Waals surface area (Å²) in [5.41, 5.74) is 1.52. The molecule has 0 saturated carbocycles. The van der Waals surface area contributed by atoms with Gasteiger partial charge in [-0.1, -0.05) is 30.3 Å². The second-order valence-corrected chi connectivity index (χ2v) is 4.52. The maximum Gasteiger partial charge on any atom is 0.350 e. The molecule has 1 unspecified atom stereocenters. The van der Waals surface area contributed by atoms with Crippen LogP contribution in [0.15, 0.2) is 53.7 Å². The van der Waals surface area contributed by atoms with Gasteiger partial charge in [0.1, 0.15) is 0 Å².